The van der Waals surface area contributed by atoms with Crippen LogP contribution in [0.2, 0.25) is 0 Å². The second kappa shape index (κ2) is 4.29. The van der Waals surface area contributed by atoms with Gasteiger partial charge in [-0.2, -0.15) is 0 Å². The molecular weight excluding hydrogens is 122 g/mol. The Morgan fingerprint density at radius 3 is 2.33 bits per heavy atom. The Balaban J connectivity index is 3.43. The zero-order valence-corrected chi connectivity index (χ0v) is 5.08. The summed E-state index contributed by atoms with van der Waals surface area (Å²) in [6, 6.07) is 0. The third-order valence-corrected chi connectivity index (χ3v) is 1.05. The molecule has 1 atom stereocenters. The Morgan fingerprint density at radius 2 is 2.22 bits per heavy atom. The minimum absolute atomic E-state index is 0.0486. The summed E-state index contributed by atoms with van der Waals surface area (Å²) in [4.78, 5) is 9.96. The molecule has 4 N–H and O–H groups in total. The van der Waals surface area contributed by atoms with Crippen molar-refractivity contribution in [1.82, 2.24) is 0 Å². The molecule has 0 aromatic rings. The van der Waals surface area contributed by atoms with Gasteiger partial charge in [0.2, 0.25) is 0 Å². The van der Waals surface area contributed by atoms with Gasteiger partial charge in [-0.25, -0.2) is 0 Å². The monoisotopic (exact) mass is 133 g/mol. The fourth-order valence-electron chi connectivity index (χ4n) is 0.469. The second-order valence-electron chi connectivity index (χ2n) is 1.88. The molecule has 0 amide bonds. The summed E-state index contributed by atoms with van der Waals surface area (Å²) in [5.41, 5.74) is 5.11. The van der Waals surface area contributed by atoms with E-state index in [4.69, 9.17) is 15.9 Å². The number of aliphatic hydroxyl groups excluding tert-OH is 1. The van der Waals surface area contributed by atoms with Crippen molar-refractivity contribution in [2.45, 2.75) is 6.42 Å². The van der Waals surface area contributed by atoms with Gasteiger partial charge >= 0.3 is 5.97 Å². The first kappa shape index (κ1) is 8.39. The molecule has 0 aliphatic carbocycles. The number of carbonyl (C=O) groups is 1. The summed E-state index contributed by atoms with van der Waals surface area (Å²) >= 11 is 0. The average molecular weight is 133 g/mol. The van der Waals surface area contributed by atoms with Crippen molar-refractivity contribution in [3.8, 4) is 0 Å². The Labute approximate surface area is 53.3 Å². The minimum Gasteiger partial charge on any atom is -0.481 e. The van der Waals surface area contributed by atoms with Crippen molar-refractivity contribution in [3.05, 3.63) is 0 Å². The molecule has 0 rings (SSSR count). The van der Waals surface area contributed by atoms with Gasteiger partial charge in [-0.05, 0) is 6.54 Å². The van der Waals surface area contributed by atoms with Crippen molar-refractivity contribution < 1.29 is 15.0 Å². The van der Waals surface area contributed by atoms with Crippen LogP contribution in [0, 0.1) is 5.92 Å². The average Bonchev–Trinajstić information content (AvgIpc) is 1.82. The normalized spacial score (nSPS) is 13.1. The van der Waals surface area contributed by atoms with Crippen LogP contribution in [0.15, 0.2) is 0 Å². The Hall–Kier alpha value is -0.610. The van der Waals surface area contributed by atoms with Gasteiger partial charge < -0.3 is 15.9 Å². The molecule has 0 bridgehead atoms. The highest BCUT2D eigenvalue weighted by Gasteiger charge is 2.08. The van der Waals surface area contributed by atoms with Gasteiger partial charge in [0, 0.05) is 12.5 Å². The molecule has 4 nitrogen and oxygen atoms in total. The summed E-state index contributed by atoms with van der Waals surface area (Å²) in [5.74, 6) is -1.21. The number of hydrogen-bond donors (Lipinski definition) is 3. The lowest BCUT2D eigenvalue weighted by atomic mass is 10.1. The van der Waals surface area contributed by atoms with E-state index in [1.165, 1.54) is 0 Å². The molecule has 0 fully saturated rings. The molecule has 0 heterocycles. The van der Waals surface area contributed by atoms with E-state index in [9.17, 15) is 4.79 Å². The van der Waals surface area contributed by atoms with Gasteiger partial charge in [0.1, 0.15) is 0 Å². The van der Waals surface area contributed by atoms with Gasteiger partial charge in [-0.3, -0.25) is 4.79 Å². The van der Waals surface area contributed by atoms with E-state index >= 15 is 0 Å². The molecule has 0 radical (unpaired) electrons. The van der Waals surface area contributed by atoms with Crippen LogP contribution < -0.4 is 5.73 Å². The highest BCUT2D eigenvalue weighted by atomic mass is 16.4. The van der Waals surface area contributed by atoms with Gasteiger partial charge in [0.15, 0.2) is 0 Å². The molecule has 0 saturated heterocycles. The van der Waals surface area contributed by atoms with Crippen LogP contribution in [0.3, 0.4) is 0 Å². The molecule has 0 aliphatic rings. The maximum absolute atomic E-state index is 9.96. The van der Waals surface area contributed by atoms with E-state index in [-0.39, 0.29) is 25.5 Å². The molecule has 0 spiro atoms. The third kappa shape index (κ3) is 3.93. The summed E-state index contributed by atoms with van der Waals surface area (Å²) < 4.78 is 0. The van der Waals surface area contributed by atoms with E-state index in [0.717, 1.165) is 0 Å². The smallest absolute Gasteiger partial charge is 0.303 e. The fourth-order valence-corrected chi connectivity index (χ4v) is 0.469. The molecule has 0 aliphatic heterocycles. The predicted molar refractivity (Wildman–Crippen MR) is 31.9 cm³/mol. The van der Waals surface area contributed by atoms with Crippen LogP contribution in [0.1, 0.15) is 6.42 Å². The molecule has 0 aromatic carbocycles. The van der Waals surface area contributed by atoms with Gasteiger partial charge in [0.25, 0.3) is 0 Å². The molecule has 9 heavy (non-hydrogen) atoms. The largest absolute Gasteiger partial charge is 0.481 e. The molecule has 0 aromatic heterocycles. The van der Waals surface area contributed by atoms with Crippen molar-refractivity contribution in [2.75, 3.05) is 13.2 Å². The number of carboxylic acids is 1. The zero-order chi connectivity index (χ0) is 7.28. The van der Waals surface area contributed by atoms with Crippen molar-refractivity contribution in [1.29, 1.82) is 0 Å². The first-order valence-electron chi connectivity index (χ1n) is 2.73. The van der Waals surface area contributed by atoms with Gasteiger partial charge in [0.05, 0.1) is 6.42 Å². The third-order valence-electron chi connectivity index (χ3n) is 1.05. The summed E-state index contributed by atoms with van der Waals surface area (Å²) in [7, 11) is 0. The van der Waals surface area contributed by atoms with E-state index < -0.39 is 5.97 Å². The maximum Gasteiger partial charge on any atom is 0.303 e. The van der Waals surface area contributed by atoms with Crippen LogP contribution in [0.4, 0.5) is 0 Å². The quantitative estimate of drug-likeness (QED) is 0.460. The Bertz CT molecular complexity index is 90.2. The maximum atomic E-state index is 9.96. The number of nitrogens with two attached hydrogens (primary N) is 1. The summed E-state index contributed by atoms with van der Waals surface area (Å²) in [5, 5.41) is 16.6. The zero-order valence-electron chi connectivity index (χ0n) is 5.08. The van der Waals surface area contributed by atoms with Crippen molar-refractivity contribution >= 4 is 5.97 Å². The Kier molecular flexibility index (Phi) is 4.00. The van der Waals surface area contributed by atoms with Crippen LogP contribution >= 0.6 is 0 Å². The number of aliphatic hydroxyl groups is 1. The number of hydrogen-bond acceptors (Lipinski definition) is 3. The van der Waals surface area contributed by atoms with Crippen LogP contribution in [0.5, 0.6) is 0 Å². The first-order chi connectivity index (χ1) is 4.20. The summed E-state index contributed by atoms with van der Waals surface area (Å²) in [6.07, 6.45) is -0.0486. The molecule has 0 saturated carbocycles. The van der Waals surface area contributed by atoms with E-state index in [1.807, 2.05) is 0 Å². The number of aliphatic carboxylic acids is 1. The first-order valence-corrected chi connectivity index (χ1v) is 2.73. The topological polar surface area (TPSA) is 83.5 Å². The Morgan fingerprint density at radius 1 is 1.67 bits per heavy atom. The second-order valence-corrected chi connectivity index (χ2v) is 1.88. The summed E-state index contributed by atoms with van der Waals surface area (Å²) in [6.45, 7) is 0.0750. The van der Waals surface area contributed by atoms with Crippen LogP contribution in [-0.2, 0) is 4.79 Å². The molecule has 0 unspecified atom stereocenters. The lowest BCUT2D eigenvalue weighted by Crippen LogP contribution is -2.21. The van der Waals surface area contributed by atoms with Gasteiger partial charge in [-0.15, -0.1) is 0 Å². The van der Waals surface area contributed by atoms with E-state index in [1.54, 1.807) is 0 Å². The molecule has 4 heteroatoms. The molecular formula is C5H11NO3. The highest BCUT2D eigenvalue weighted by molar-refractivity contribution is 5.67. The highest BCUT2D eigenvalue weighted by Crippen LogP contribution is 1.97. The van der Waals surface area contributed by atoms with Crippen molar-refractivity contribution in [3.63, 3.8) is 0 Å². The SMILES string of the molecule is NC[C@H](CO)CC(=O)O. The lowest BCUT2D eigenvalue weighted by molar-refractivity contribution is -0.138. The molecule has 54 valence electrons. The van der Waals surface area contributed by atoms with E-state index in [0.29, 0.717) is 0 Å². The number of carboxylic acid groups (broad SMARTS) is 1. The van der Waals surface area contributed by atoms with E-state index in [2.05, 4.69) is 0 Å². The predicted octanol–water partition coefficient (Wildman–Crippen LogP) is -0.972. The van der Waals surface area contributed by atoms with Crippen LogP contribution in [0.25, 0.3) is 0 Å². The lowest BCUT2D eigenvalue weighted by Gasteiger charge is -2.05. The minimum atomic E-state index is -0.917. The fraction of sp³-hybridized carbons (Fsp3) is 0.800. The standard InChI is InChI=1S/C5H11NO3/c6-2-4(3-7)1-5(8)9/h4,7H,1-3,6H2,(H,8,9)/t4-/m1/s1. The van der Waals surface area contributed by atoms with Gasteiger partial charge in [-0.1, -0.05) is 0 Å². The van der Waals surface area contributed by atoms with Crippen molar-refractivity contribution in [2.24, 2.45) is 11.7 Å². The van der Waals surface area contributed by atoms with Crippen LogP contribution in [-0.4, -0.2) is 29.3 Å². The number of rotatable bonds is 4.